The van der Waals surface area contributed by atoms with Crippen molar-refractivity contribution in [2.45, 2.75) is 50.0 Å². The van der Waals surface area contributed by atoms with Gasteiger partial charge in [-0.3, -0.25) is 4.79 Å². The van der Waals surface area contributed by atoms with E-state index in [0.717, 1.165) is 18.4 Å². The minimum Gasteiger partial charge on any atom is -0.495 e. The molecule has 144 valence electrons. The molecule has 0 aromatic heterocycles. The van der Waals surface area contributed by atoms with E-state index >= 15 is 0 Å². The molecule has 0 radical (unpaired) electrons. The van der Waals surface area contributed by atoms with Gasteiger partial charge in [0, 0.05) is 32.6 Å². The van der Waals surface area contributed by atoms with Crippen LogP contribution in [0.4, 0.5) is 0 Å². The van der Waals surface area contributed by atoms with E-state index in [1.165, 1.54) is 24.3 Å². The number of carbonyl (C=O) groups excluding carboxylic acids is 1. The van der Waals surface area contributed by atoms with Crippen LogP contribution in [0.2, 0.25) is 0 Å². The normalized spacial score (nSPS) is 21.8. The number of hydrogen-bond acceptors (Lipinski definition) is 4. The summed E-state index contributed by atoms with van der Waals surface area (Å²) in [6.07, 6.45) is 4.95. The number of ether oxygens (including phenoxy) is 1. The zero-order valence-electron chi connectivity index (χ0n) is 15.8. The van der Waals surface area contributed by atoms with Gasteiger partial charge in [-0.1, -0.05) is 18.9 Å². The highest BCUT2D eigenvalue weighted by Crippen LogP contribution is 2.31. The zero-order valence-corrected chi connectivity index (χ0v) is 16.6. The lowest BCUT2D eigenvalue weighted by Crippen LogP contribution is -2.36. The minimum atomic E-state index is -3.67. The van der Waals surface area contributed by atoms with E-state index in [0.29, 0.717) is 31.3 Å². The van der Waals surface area contributed by atoms with Gasteiger partial charge in [0.2, 0.25) is 15.9 Å². The third kappa shape index (κ3) is 3.74. The molecule has 0 bridgehead atoms. The van der Waals surface area contributed by atoms with Crippen molar-refractivity contribution in [3.63, 3.8) is 0 Å². The van der Waals surface area contributed by atoms with Gasteiger partial charge in [-0.2, -0.15) is 0 Å². The maximum atomic E-state index is 13.0. The highest BCUT2D eigenvalue weighted by molar-refractivity contribution is 7.89. The van der Waals surface area contributed by atoms with Crippen LogP contribution in [-0.4, -0.2) is 56.8 Å². The summed E-state index contributed by atoms with van der Waals surface area (Å²) in [5.41, 5.74) is 0.862. The summed E-state index contributed by atoms with van der Waals surface area (Å²) < 4.78 is 32.6. The van der Waals surface area contributed by atoms with Crippen LogP contribution >= 0.6 is 0 Å². The molecule has 1 amide bonds. The van der Waals surface area contributed by atoms with Gasteiger partial charge in [0.1, 0.15) is 10.6 Å². The number of aryl methyl sites for hydroxylation is 1. The van der Waals surface area contributed by atoms with Crippen molar-refractivity contribution in [1.82, 2.24) is 9.21 Å². The average Bonchev–Trinajstić information content (AvgIpc) is 3.24. The molecule has 1 unspecified atom stereocenters. The number of benzene rings is 1. The van der Waals surface area contributed by atoms with Crippen LogP contribution in [0.5, 0.6) is 5.75 Å². The van der Waals surface area contributed by atoms with Crippen LogP contribution in [0.1, 0.15) is 37.7 Å². The van der Waals surface area contributed by atoms with Gasteiger partial charge in [-0.05, 0) is 43.4 Å². The highest BCUT2D eigenvalue weighted by Gasteiger charge is 2.37. The third-order valence-electron chi connectivity index (χ3n) is 5.53. The van der Waals surface area contributed by atoms with Crippen LogP contribution in [0.3, 0.4) is 0 Å². The Balaban J connectivity index is 1.72. The van der Waals surface area contributed by atoms with Gasteiger partial charge < -0.3 is 9.64 Å². The summed E-state index contributed by atoms with van der Waals surface area (Å²) in [5, 5.41) is 0. The number of rotatable bonds is 6. The van der Waals surface area contributed by atoms with Crippen LogP contribution in [0.25, 0.3) is 0 Å². The monoisotopic (exact) mass is 380 g/mol. The maximum Gasteiger partial charge on any atom is 0.246 e. The molecule has 1 saturated carbocycles. The predicted octanol–water partition coefficient (Wildman–Crippen LogP) is 2.42. The Kier molecular flexibility index (Phi) is 5.58. The Morgan fingerprint density at radius 3 is 2.62 bits per heavy atom. The van der Waals surface area contributed by atoms with Crippen molar-refractivity contribution in [2.24, 2.45) is 5.92 Å². The molecular formula is C19H28N2O4S. The lowest BCUT2D eigenvalue weighted by atomic mass is 10.1. The molecule has 2 fully saturated rings. The Hall–Kier alpha value is -1.60. The smallest absolute Gasteiger partial charge is 0.246 e. The first-order valence-electron chi connectivity index (χ1n) is 9.23. The average molecular weight is 381 g/mol. The minimum absolute atomic E-state index is 0.0404. The van der Waals surface area contributed by atoms with Crippen molar-refractivity contribution in [1.29, 1.82) is 0 Å². The number of amides is 1. The van der Waals surface area contributed by atoms with E-state index in [4.69, 9.17) is 4.74 Å². The van der Waals surface area contributed by atoms with Crippen LogP contribution < -0.4 is 4.74 Å². The molecule has 7 heteroatoms. The Labute approximate surface area is 156 Å². The van der Waals surface area contributed by atoms with E-state index in [-0.39, 0.29) is 16.7 Å². The number of carbonyl (C=O) groups is 1. The van der Waals surface area contributed by atoms with Gasteiger partial charge in [0.05, 0.1) is 7.11 Å². The molecule has 26 heavy (non-hydrogen) atoms. The molecule has 1 heterocycles. The van der Waals surface area contributed by atoms with Crippen LogP contribution in [-0.2, 0) is 14.8 Å². The van der Waals surface area contributed by atoms with E-state index in [2.05, 4.69) is 0 Å². The topological polar surface area (TPSA) is 66.9 Å². The highest BCUT2D eigenvalue weighted by atomic mass is 32.2. The SMILES string of the molecule is COc1ccc(C)cc1S(=O)(=O)N(C)CC1CC(=O)N(C2CCCC2)C1. The molecule has 6 nitrogen and oxygen atoms in total. The summed E-state index contributed by atoms with van der Waals surface area (Å²) in [7, 11) is -0.613. The second kappa shape index (κ2) is 7.56. The molecule has 1 aromatic carbocycles. The summed E-state index contributed by atoms with van der Waals surface area (Å²) in [5.74, 6) is 0.553. The first kappa shape index (κ1) is 19.2. The van der Waals surface area contributed by atoms with E-state index in [9.17, 15) is 13.2 Å². The molecule has 2 aliphatic rings. The number of hydrogen-bond donors (Lipinski definition) is 0. The Bertz CT molecular complexity index is 772. The summed E-state index contributed by atoms with van der Waals surface area (Å²) in [6.45, 7) is 2.86. The lowest BCUT2D eigenvalue weighted by molar-refractivity contribution is -0.129. The molecule has 0 spiro atoms. The first-order valence-corrected chi connectivity index (χ1v) is 10.7. The van der Waals surface area contributed by atoms with Gasteiger partial charge in [0.15, 0.2) is 0 Å². The van der Waals surface area contributed by atoms with Crippen molar-refractivity contribution in [2.75, 3.05) is 27.2 Å². The second-order valence-electron chi connectivity index (χ2n) is 7.49. The molecule has 1 saturated heterocycles. The molecule has 1 aliphatic heterocycles. The summed E-state index contributed by atoms with van der Waals surface area (Å²) in [4.78, 5) is 14.5. The van der Waals surface area contributed by atoms with Crippen molar-refractivity contribution < 1.29 is 17.9 Å². The fraction of sp³-hybridized carbons (Fsp3) is 0.632. The lowest BCUT2D eigenvalue weighted by Gasteiger charge is -2.25. The van der Waals surface area contributed by atoms with Crippen molar-refractivity contribution >= 4 is 15.9 Å². The number of methoxy groups -OCH3 is 1. The molecule has 0 N–H and O–H groups in total. The maximum absolute atomic E-state index is 13.0. The number of likely N-dealkylation sites (tertiary alicyclic amines) is 1. The Morgan fingerprint density at radius 1 is 1.27 bits per heavy atom. The molecule has 1 aliphatic carbocycles. The third-order valence-corrected chi connectivity index (χ3v) is 7.37. The molecule has 3 rings (SSSR count). The number of nitrogens with zero attached hydrogens (tertiary/aromatic N) is 2. The van der Waals surface area contributed by atoms with E-state index in [1.807, 2.05) is 17.9 Å². The fourth-order valence-corrected chi connectivity index (χ4v) is 5.60. The van der Waals surface area contributed by atoms with Crippen LogP contribution in [0, 0.1) is 12.8 Å². The predicted molar refractivity (Wildman–Crippen MR) is 99.6 cm³/mol. The van der Waals surface area contributed by atoms with E-state index in [1.54, 1.807) is 19.2 Å². The van der Waals surface area contributed by atoms with Crippen molar-refractivity contribution in [3.8, 4) is 5.75 Å². The van der Waals surface area contributed by atoms with Crippen molar-refractivity contribution in [3.05, 3.63) is 23.8 Å². The molecule has 1 aromatic rings. The molecular weight excluding hydrogens is 352 g/mol. The molecule has 1 atom stereocenters. The zero-order chi connectivity index (χ0) is 18.9. The van der Waals surface area contributed by atoms with Gasteiger partial charge in [-0.25, -0.2) is 12.7 Å². The first-order chi connectivity index (χ1) is 12.3. The van der Waals surface area contributed by atoms with Gasteiger partial charge >= 0.3 is 0 Å². The van der Waals surface area contributed by atoms with Gasteiger partial charge in [-0.15, -0.1) is 0 Å². The quantitative estimate of drug-likeness (QED) is 0.760. The largest absolute Gasteiger partial charge is 0.495 e. The summed E-state index contributed by atoms with van der Waals surface area (Å²) in [6, 6.07) is 5.49. The number of sulfonamides is 1. The second-order valence-corrected chi connectivity index (χ2v) is 9.51. The summed E-state index contributed by atoms with van der Waals surface area (Å²) >= 11 is 0. The van der Waals surface area contributed by atoms with Crippen LogP contribution in [0.15, 0.2) is 23.1 Å². The Morgan fingerprint density at radius 2 is 1.96 bits per heavy atom. The van der Waals surface area contributed by atoms with Gasteiger partial charge in [0.25, 0.3) is 0 Å². The standard InChI is InChI=1S/C19H28N2O4S/c1-14-8-9-17(25-3)18(10-14)26(23,24)20(2)12-15-11-19(22)21(13-15)16-6-4-5-7-16/h8-10,15-16H,4-7,11-13H2,1-3H3. The van der Waals surface area contributed by atoms with E-state index < -0.39 is 10.0 Å². The fourth-order valence-electron chi connectivity index (χ4n) is 4.11.